The van der Waals surface area contributed by atoms with Gasteiger partial charge >= 0.3 is 0 Å². The van der Waals surface area contributed by atoms with Crippen LogP contribution in [-0.2, 0) is 4.79 Å². The fourth-order valence-corrected chi connectivity index (χ4v) is 2.64. The van der Waals surface area contributed by atoms with Crippen LogP contribution in [0.1, 0.15) is 21.5 Å². The van der Waals surface area contributed by atoms with E-state index in [9.17, 15) is 9.59 Å². The first-order chi connectivity index (χ1) is 9.56. The molecule has 1 aliphatic rings. The Morgan fingerprint density at radius 2 is 1.95 bits per heavy atom. The number of hydrogen-bond acceptors (Lipinski definition) is 3. The summed E-state index contributed by atoms with van der Waals surface area (Å²) in [4.78, 5) is 26.4. The molecule has 1 unspecified atom stereocenters. The Balaban J connectivity index is 2.33. The molecule has 2 amide bonds. The Morgan fingerprint density at radius 1 is 1.30 bits per heavy atom. The number of rotatable bonds is 2. The third-order valence-corrected chi connectivity index (χ3v) is 3.75. The van der Waals surface area contributed by atoms with Gasteiger partial charge in [0.05, 0.1) is 0 Å². The van der Waals surface area contributed by atoms with Crippen LogP contribution >= 0.6 is 0 Å². The molecular weight excluding hydrogens is 254 g/mol. The van der Waals surface area contributed by atoms with E-state index in [0.717, 1.165) is 11.1 Å². The number of benzene rings is 1. The molecule has 1 aromatic carbocycles. The Labute approximate surface area is 119 Å². The molecule has 2 rings (SSSR count). The van der Waals surface area contributed by atoms with Gasteiger partial charge in [0.15, 0.2) is 0 Å². The first-order valence-corrected chi connectivity index (χ1v) is 6.85. The van der Waals surface area contributed by atoms with E-state index >= 15 is 0 Å². The van der Waals surface area contributed by atoms with Crippen LogP contribution in [0.5, 0.6) is 0 Å². The Hall–Kier alpha value is -1.88. The van der Waals surface area contributed by atoms with Crippen molar-refractivity contribution < 1.29 is 9.59 Å². The van der Waals surface area contributed by atoms with Crippen molar-refractivity contribution >= 4 is 11.8 Å². The average molecular weight is 275 g/mol. The van der Waals surface area contributed by atoms with Crippen LogP contribution in [0.15, 0.2) is 18.2 Å². The zero-order valence-electron chi connectivity index (χ0n) is 12.2. The zero-order chi connectivity index (χ0) is 14.7. The van der Waals surface area contributed by atoms with Crippen molar-refractivity contribution in [1.82, 2.24) is 15.5 Å². The van der Waals surface area contributed by atoms with Gasteiger partial charge in [-0.05, 0) is 25.0 Å². The number of likely N-dealkylation sites (N-methyl/N-ethyl adjacent to an activating group) is 1. The fraction of sp³-hybridized carbons (Fsp3) is 0.467. The predicted molar refractivity (Wildman–Crippen MR) is 77.7 cm³/mol. The molecule has 0 saturated carbocycles. The summed E-state index contributed by atoms with van der Waals surface area (Å²) in [6.07, 6.45) is 0. The van der Waals surface area contributed by atoms with E-state index in [0.29, 0.717) is 25.2 Å². The lowest BCUT2D eigenvalue weighted by atomic mass is 10.0. The molecule has 1 saturated heterocycles. The number of carbonyl (C=O) groups excluding carboxylic acids is 2. The fourth-order valence-electron chi connectivity index (χ4n) is 2.64. The van der Waals surface area contributed by atoms with E-state index in [-0.39, 0.29) is 11.8 Å². The van der Waals surface area contributed by atoms with Gasteiger partial charge in [-0.2, -0.15) is 0 Å². The van der Waals surface area contributed by atoms with Crippen LogP contribution in [0.25, 0.3) is 0 Å². The molecule has 0 spiro atoms. The van der Waals surface area contributed by atoms with Crippen molar-refractivity contribution in [2.24, 2.45) is 0 Å². The maximum Gasteiger partial charge on any atom is 0.255 e. The summed E-state index contributed by atoms with van der Waals surface area (Å²) in [5.74, 6) is -0.188. The van der Waals surface area contributed by atoms with Crippen molar-refractivity contribution in [2.75, 3.05) is 26.7 Å². The lowest BCUT2D eigenvalue weighted by molar-refractivity contribution is -0.125. The third kappa shape index (κ3) is 2.67. The monoisotopic (exact) mass is 275 g/mol. The minimum Gasteiger partial charge on any atom is -0.357 e. The Bertz CT molecular complexity index is 508. The highest BCUT2D eigenvalue weighted by Gasteiger charge is 2.32. The molecule has 5 heteroatoms. The second-order valence-electron chi connectivity index (χ2n) is 5.10. The Kier molecular flexibility index (Phi) is 4.39. The normalized spacial score (nSPS) is 18.8. The first kappa shape index (κ1) is 14.5. The topological polar surface area (TPSA) is 61.4 Å². The van der Waals surface area contributed by atoms with Crippen molar-refractivity contribution in [3.63, 3.8) is 0 Å². The molecule has 2 N–H and O–H groups in total. The van der Waals surface area contributed by atoms with Crippen molar-refractivity contribution in [1.29, 1.82) is 0 Å². The van der Waals surface area contributed by atoms with Crippen LogP contribution in [0, 0.1) is 13.8 Å². The number of aryl methyl sites for hydroxylation is 2. The van der Waals surface area contributed by atoms with Crippen LogP contribution in [0.3, 0.4) is 0 Å². The molecule has 5 nitrogen and oxygen atoms in total. The SMILES string of the molecule is CNC(=O)C1CNCCN1C(=O)c1c(C)cccc1C. The molecular formula is C15H21N3O2. The highest BCUT2D eigenvalue weighted by atomic mass is 16.2. The van der Waals surface area contributed by atoms with E-state index in [1.807, 2.05) is 32.0 Å². The maximum atomic E-state index is 12.8. The third-order valence-electron chi connectivity index (χ3n) is 3.75. The summed E-state index contributed by atoms with van der Waals surface area (Å²) >= 11 is 0. The van der Waals surface area contributed by atoms with E-state index in [4.69, 9.17) is 0 Å². The van der Waals surface area contributed by atoms with Crippen molar-refractivity contribution in [3.8, 4) is 0 Å². The number of hydrogen-bond donors (Lipinski definition) is 2. The molecule has 1 heterocycles. The van der Waals surface area contributed by atoms with Crippen LogP contribution in [0.2, 0.25) is 0 Å². The smallest absolute Gasteiger partial charge is 0.255 e. The standard InChI is InChI=1S/C15H21N3O2/c1-10-5-4-6-11(2)13(10)15(20)18-8-7-17-9-12(18)14(19)16-3/h4-6,12,17H,7-9H2,1-3H3,(H,16,19). The maximum absolute atomic E-state index is 12.8. The molecule has 20 heavy (non-hydrogen) atoms. The predicted octanol–water partition coefficient (Wildman–Crippen LogP) is 0.463. The molecule has 0 aromatic heterocycles. The van der Waals surface area contributed by atoms with Crippen LogP contribution in [-0.4, -0.2) is 49.4 Å². The van der Waals surface area contributed by atoms with Gasteiger partial charge in [-0.3, -0.25) is 9.59 Å². The number of piperazine rings is 1. The van der Waals surface area contributed by atoms with Crippen molar-refractivity contribution in [3.05, 3.63) is 34.9 Å². The minimum atomic E-state index is -0.444. The van der Waals surface area contributed by atoms with E-state index in [2.05, 4.69) is 10.6 Å². The summed E-state index contributed by atoms with van der Waals surface area (Å²) in [5.41, 5.74) is 2.61. The summed E-state index contributed by atoms with van der Waals surface area (Å²) < 4.78 is 0. The van der Waals surface area contributed by atoms with Gasteiger partial charge in [0, 0.05) is 32.2 Å². The van der Waals surface area contributed by atoms with Gasteiger partial charge in [0.25, 0.3) is 5.91 Å². The van der Waals surface area contributed by atoms with Crippen molar-refractivity contribution in [2.45, 2.75) is 19.9 Å². The summed E-state index contributed by atoms with van der Waals surface area (Å²) in [6.45, 7) is 5.61. The summed E-state index contributed by atoms with van der Waals surface area (Å²) in [7, 11) is 1.60. The lowest BCUT2D eigenvalue weighted by Crippen LogP contribution is -2.59. The molecule has 1 aromatic rings. The van der Waals surface area contributed by atoms with Crippen LogP contribution in [0.4, 0.5) is 0 Å². The van der Waals surface area contributed by atoms with Gasteiger partial charge in [-0.15, -0.1) is 0 Å². The molecule has 1 fully saturated rings. The highest BCUT2D eigenvalue weighted by Crippen LogP contribution is 2.18. The minimum absolute atomic E-state index is 0.0595. The second kappa shape index (κ2) is 6.05. The van der Waals surface area contributed by atoms with E-state index in [1.54, 1.807) is 11.9 Å². The van der Waals surface area contributed by atoms with Crippen LogP contribution < -0.4 is 10.6 Å². The molecule has 0 bridgehead atoms. The van der Waals surface area contributed by atoms with Gasteiger partial charge in [0.1, 0.15) is 6.04 Å². The number of carbonyl (C=O) groups is 2. The Morgan fingerprint density at radius 3 is 2.55 bits per heavy atom. The number of amides is 2. The van der Waals surface area contributed by atoms with E-state index < -0.39 is 6.04 Å². The summed E-state index contributed by atoms with van der Waals surface area (Å²) in [6, 6.07) is 5.35. The first-order valence-electron chi connectivity index (χ1n) is 6.85. The van der Waals surface area contributed by atoms with Gasteiger partial charge < -0.3 is 15.5 Å². The largest absolute Gasteiger partial charge is 0.357 e. The van der Waals surface area contributed by atoms with E-state index in [1.165, 1.54) is 0 Å². The molecule has 0 aliphatic carbocycles. The number of nitrogens with one attached hydrogen (secondary N) is 2. The average Bonchev–Trinajstić information content (AvgIpc) is 2.46. The second-order valence-corrected chi connectivity index (χ2v) is 5.10. The quantitative estimate of drug-likeness (QED) is 0.824. The summed E-state index contributed by atoms with van der Waals surface area (Å²) in [5, 5.41) is 5.79. The molecule has 0 radical (unpaired) electrons. The zero-order valence-corrected chi connectivity index (χ0v) is 12.2. The lowest BCUT2D eigenvalue weighted by Gasteiger charge is -2.35. The van der Waals surface area contributed by atoms with Gasteiger partial charge in [0.2, 0.25) is 5.91 Å². The molecule has 1 aliphatic heterocycles. The van der Waals surface area contributed by atoms with Gasteiger partial charge in [-0.25, -0.2) is 0 Å². The molecule has 108 valence electrons. The van der Waals surface area contributed by atoms with Gasteiger partial charge in [-0.1, -0.05) is 18.2 Å². The number of nitrogens with zero attached hydrogens (tertiary/aromatic N) is 1. The molecule has 1 atom stereocenters. The highest BCUT2D eigenvalue weighted by molar-refractivity contribution is 6.00.